The number of benzene rings is 1. The Morgan fingerprint density at radius 2 is 2.04 bits per heavy atom. The zero-order valence-corrected chi connectivity index (χ0v) is 13.4. The minimum absolute atomic E-state index is 0.0871. The lowest BCUT2D eigenvalue weighted by atomic mass is 9.95. The highest BCUT2D eigenvalue weighted by Gasteiger charge is 2.28. The van der Waals surface area contributed by atoms with E-state index in [-0.39, 0.29) is 23.5 Å². The molecule has 1 fully saturated rings. The van der Waals surface area contributed by atoms with Gasteiger partial charge in [-0.15, -0.1) is 5.10 Å². The Labute approximate surface area is 138 Å². The molecule has 124 valence electrons. The van der Waals surface area contributed by atoms with Crippen LogP contribution in [0.2, 0.25) is 0 Å². The Morgan fingerprint density at radius 3 is 2.75 bits per heavy atom. The van der Waals surface area contributed by atoms with E-state index >= 15 is 0 Å². The Morgan fingerprint density at radius 1 is 1.29 bits per heavy atom. The molecule has 0 amide bonds. The van der Waals surface area contributed by atoms with Crippen LogP contribution >= 0.6 is 0 Å². The number of aromatic nitrogens is 5. The van der Waals surface area contributed by atoms with Crippen molar-refractivity contribution in [3.05, 3.63) is 52.6 Å². The van der Waals surface area contributed by atoms with Crippen LogP contribution in [0.3, 0.4) is 0 Å². The van der Waals surface area contributed by atoms with E-state index in [1.807, 2.05) is 37.3 Å². The van der Waals surface area contributed by atoms with Crippen molar-refractivity contribution in [2.24, 2.45) is 0 Å². The monoisotopic (exact) mass is 325 g/mol. The van der Waals surface area contributed by atoms with Gasteiger partial charge in [-0.3, -0.25) is 9.36 Å². The van der Waals surface area contributed by atoms with Crippen molar-refractivity contribution in [1.82, 2.24) is 24.5 Å². The SMILES string of the molecule is CC(c1ccccc1)C(O)Cn1cnc2c(nnn2C2CC2)c1=O. The molecule has 0 bridgehead atoms. The molecule has 0 radical (unpaired) electrons. The first-order chi connectivity index (χ1) is 11.6. The van der Waals surface area contributed by atoms with Gasteiger partial charge < -0.3 is 5.11 Å². The van der Waals surface area contributed by atoms with Crippen molar-refractivity contribution in [2.45, 2.75) is 44.4 Å². The quantitative estimate of drug-likeness (QED) is 0.768. The first-order valence-electron chi connectivity index (χ1n) is 8.18. The first-order valence-corrected chi connectivity index (χ1v) is 8.18. The van der Waals surface area contributed by atoms with Crippen LogP contribution in [0.1, 0.15) is 37.3 Å². The molecule has 24 heavy (non-hydrogen) atoms. The van der Waals surface area contributed by atoms with Crippen LogP contribution in [0, 0.1) is 0 Å². The summed E-state index contributed by atoms with van der Waals surface area (Å²) in [7, 11) is 0. The molecular weight excluding hydrogens is 306 g/mol. The summed E-state index contributed by atoms with van der Waals surface area (Å²) < 4.78 is 3.14. The third kappa shape index (κ3) is 2.60. The van der Waals surface area contributed by atoms with Crippen LogP contribution in [0.4, 0.5) is 0 Å². The van der Waals surface area contributed by atoms with Gasteiger partial charge in [-0.25, -0.2) is 9.67 Å². The fourth-order valence-corrected chi connectivity index (χ4v) is 2.89. The maximum atomic E-state index is 12.6. The topological polar surface area (TPSA) is 85.8 Å². The Balaban J connectivity index is 1.60. The normalized spacial score (nSPS) is 17.1. The lowest BCUT2D eigenvalue weighted by molar-refractivity contribution is 0.128. The van der Waals surface area contributed by atoms with Crippen LogP contribution in [0.15, 0.2) is 41.5 Å². The van der Waals surface area contributed by atoms with Gasteiger partial charge in [-0.2, -0.15) is 0 Å². The van der Waals surface area contributed by atoms with E-state index in [9.17, 15) is 9.90 Å². The predicted octanol–water partition coefficient (Wildman–Crippen LogP) is 1.49. The van der Waals surface area contributed by atoms with Crippen LogP contribution in [0.5, 0.6) is 0 Å². The number of aliphatic hydroxyl groups excluding tert-OH is 1. The summed E-state index contributed by atoms with van der Waals surface area (Å²) in [4.78, 5) is 16.9. The largest absolute Gasteiger partial charge is 0.391 e. The van der Waals surface area contributed by atoms with E-state index in [0.29, 0.717) is 11.7 Å². The molecule has 1 saturated carbocycles. The lowest BCUT2D eigenvalue weighted by Crippen LogP contribution is -2.30. The summed E-state index contributed by atoms with van der Waals surface area (Å²) in [6.45, 7) is 2.12. The average Bonchev–Trinajstić information content (AvgIpc) is 3.36. The number of hydrogen-bond donors (Lipinski definition) is 1. The molecule has 1 aliphatic carbocycles. The van der Waals surface area contributed by atoms with Gasteiger partial charge in [-0.05, 0) is 18.4 Å². The number of aliphatic hydroxyl groups is 1. The molecule has 4 rings (SSSR count). The van der Waals surface area contributed by atoms with Crippen LogP contribution < -0.4 is 5.56 Å². The van der Waals surface area contributed by atoms with Crippen molar-refractivity contribution in [3.63, 3.8) is 0 Å². The van der Waals surface area contributed by atoms with Gasteiger partial charge in [0.15, 0.2) is 11.2 Å². The predicted molar refractivity (Wildman–Crippen MR) is 88.7 cm³/mol. The number of rotatable bonds is 5. The molecule has 2 atom stereocenters. The molecular formula is C17H19N5O2. The maximum Gasteiger partial charge on any atom is 0.283 e. The average molecular weight is 325 g/mol. The van der Waals surface area contributed by atoms with E-state index in [1.54, 1.807) is 4.68 Å². The molecule has 1 N–H and O–H groups in total. The second kappa shape index (κ2) is 5.83. The molecule has 7 nitrogen and oxygen atoms in total. The number of nitrogens with zero attached hydrogens (tertiary/aromatic N) is 5. The number of hydrogen-bond acceptors (Lipinski definition) is 5. The Hall–Kier alpha value is -2.54. The van der Waals surface area contributed by atoms with E-state index in [1.165, 1.54) is 10.9 Å². The molecule has 3 aromatic rings. The summed E-state index contributed by atoms with van der Waals surface area (Å²) in [6.07, 6.45) is 2.89. The third-order valence-electron chi connectivity index (χ3n) is 4.63. The van der Waals surface area contributed by atoms with Gasteiger partial charge in [0, 0.05) is 5.92 Å². The Kier molecular flexibility index (Phi) is 3.65. The molecule has 2 aromatic heterocycles. The summed E-state index contributed by atoms with van der Waals surface area (Å²) in [5, 5.41) is 18.5. The van der Waals surface area contributed by atoms with Crippen molar-refractivity contribution in [1.29, 1.82) is 0 Å². The first kappa shape index (κ1) is 15.0. The standard InChI is InChI=1S/C17H19N5O2/c1-11(12-5-3-2-4-6-12)14(23)9-21-10-18-16-15(17(21)24)19-20-22(16)13-7-8-13/h2-6,10-11,13-14,23H,7-9H2,1H3. The fourth-order valence-electron chi connectivity index (χ4n) is 2.89. The zero-order chi connectivity index (χ0) is 16.7. The molecule has 1 aliphatic rings. The zero-order valence-electron chi connectivity index (χ0n) is 13.4. The van der Waals surface area contributed by atoms with Crippen molar-refractivity contribution < 1.29 is 5.11 Å². The number of fused-ring (bicyclic) bond motifs is 1. The van der Waals surface area contributed by atoms with Crippen LogP contribution in [-0.4, -0.2) is 35.8 Å². The highest BCUT2D eigenvalue weighted by Crippen LogP contribution is 2.35. The smallest absolute Gasteiger partial charge is 0.283 e. The second-order valence-corrected chi connectivity index (χ2v) is 6.41. The summed E-state index contributed by atoms with van der Waals surface area (Å²) >= 11 is 0. The molecule has 2 unspecified atom stereocenters. The van der Waals surface area contributed by atoms with E-state index in [4.69, 9.17) is 0 Å². The Bertz CT molecular complexity index is 914. The van der Waals surface area contributed by atoms with Gasteiger partial charge in [0.05, 0.1) is 18.7 Å². The van der Waals surface area contributed by atoms with E-state index < -0.39 is 6.10 Å². The van der Waals surface area contributed by atoms with Gasteiger partial charge in [0.1, 0.15) is 6.33 Å². The molecule has 0 aliphatic heterocycles. The van der Waals surface area contributed by atoms with E-state index in [0.717, 1.165) is 18.4 Å². The molecule has 1 aromatic carbocycles. The molecule has 2 heterocycles. The highest BCUT2D eigenvalue weighted by atomic mass is 16.3. The van der Waals surface area contributed by atoms with Crippen LogP contribution in [0.25, 0.3) is 11.2 Å². The highest BCUT2D eigenvalue weighted by molar-refractivity contribution is 5.68. The van der Waals surface area contributed by atoms with Crippen molar-refractivity contribution in [3.8, 4) is 0 Å². The second-order valence-electron chi connectivity index (χ2n) is 6.41. The summed E-state index contributed by atoms with van der Waals surface area (Å²) in [5.74, 6) is -0.0871. The van der Waals surface area contributed by atoms with Crippen molar-refractivity contribution >= 4 is 11.2 Å². The van der Waals surface area contributed by atoms with Gasteiger partial charge in [-0.1, -0.05) is 42.5 Å². The molecule has 0 saturated heterocycles. The van der Waals surface area contributed by atoms with Gasteiger partial charge in [0.2, 0.25) is 0 Å². The minimum Gasteiger partial charge on any atom is -0.391 e. The summed E-state index contributed by atoms with van der Waals surface area (Å²) in [6, 6.07) is 10.1. The third-order valence-corrected chi connectivity index (χ3v) is 4.63. The minimum atomic E-state index is -0.692. The maximum absolute atomic E-state index is 12.6. The van der Waals surface area contributed by atoms with E-state index in [2.05, 4.69) is 15.3 Å². The van der Waals surface area contributed by atoms with Crippen molar-refractivity contribution in [2.75, 3.05) is 0 Å². The van der Waals surface area contributed by atoms with Gasteiger partial charge >= 0.3 is 0 Å². The van der Waals surface area contributed by atoms with Crippen LogP contribution in [-0.2, 0) is 6.54 Å². The molecule has 0 spiro atoms. The molecule has 7 heteroatoms. The summed E-state index contributed by atoms with van der Waals surface area (Å²) in [5.41, 5.74) is 1.58. The lowest BCUT2D eigenvalue weighted by Gasteiger charge is -2.20. The fraction of sp³-hybridized carbons (Fsp3) is 0.412. The van der Waals surface area contributed by atoms with Gasteiger partial charge in [0.25, 0.3) is 5.56 Å².